The lowest BCUT2D eigenvalue weighted by Crippen LogP contribution is -2.35. The minimum absolute atomic E-state index is 0.128. The average Bonchev–Trinajstić information content (AvgIpc) is 2.21. The van der Waals surface area contributed by atoms with Gasteiger partial charge in [-0.1, -0.05) is 15.9 Å². The van der Waals surface area contributed by atoms with E-state index in [0.29, 0.717) is 4.47 Å². The summed E-state index contributed by atoms with van der Waals surface area (Å²) in [6, 6.07) is 4.35. The van der Waals surface area contributed by atoms with Crippen molar-refractivity contribution in [3.63, 3.8) is 0 Å². The number of alkyl halides is 3. The summed E-state index contributed by atoms with van der Waals surface area (Å²) < 4.78 is 36.1. The molecule has 3 N–H and O–H groups in total. The predicted molar refractivity (Wildman–Crippen MR) is 63.4 cm³/mol. The molecule has 100 valence electrons. The Bertz CT molecular complexity index is 438. The number of benzene rings is 1. The average molecular weight is 327 g/mol. The molecular weight excluding hydrogens is 317 g/mol. The van der Waals surface area contributed by atoms with Crippen molar-refractivity contribution in [1.82, 2.24) is 5.32 Å². The fourth-order valence-electron chi connectivity index (χ4n) is 1.12. The maximum absolute atomic E-state index is 11.8. The lowest BCUT2D eigenvalue weighted by Gasteiger charge is -2.10. The molecule has 0 atom stereocenters. The van der Waals surface area contributed by atoms with E-state index in [1.165, 1.54) is 12.1 Å². The SMILES string of the molecule is O=C(CNCC(F)(F)F)Nc1cc(Br)ccc1O. The standard InChI is InChI=1S/C10H10BrF3N2O2/c11-6-1-2-8(17)7(3-6)16-9(18)4-15-5-10(12,13)14/h1-3,15,17H,4-5H2,(H,16,18). The van der Waals surface area contributed by atoms with E-state index in [1.807, 2.05) is 5.32 Å². The third-order valence-corrected chi connectivity index (χ3v) is 2.34. The maximum atomic E-state index is 11.8. The Morgan fingerprint density at radius 1 is 1.39 bits per heavy atom. The van der Waals surface area contributed by atoms with E-state index in [9.17, 15) is 23.1 Å². The zero-order valence-corrected chi connectivity index (χ0v) is 10.6. The van der Waals surface area contributed by atoms with Gasteiger partial charge >= 0.3 is 6.18 Å². The Balaban J connectivity index is 2.47. The van der Waals surface area contributed by atoms with E-state index < -0.39 is 25.2 Å². The fraction of sp³-hybridized carbons (Fsp3) is 0.300. The Morgan fingerprint density at radius 2 is 2.06 bits per heavy atom. The Kier molecular flexibility index (Phi) is 4.97. The number of nitrogens with one attached hydrogen (secondary N) is 2. The number of rotatable bonds is 4. The molecule has 0 saturated heterocycles. The summed E-state index contributed by atoms with van der Waals surface area (Å²) in [6.45, 7) is -1.74. The molecule has 8 heteroatoms. The summed E-state index contributed by atoms with van der Waals surface area (Å²) in [5.74, 6) is -0.838. The number of phenols is 1. The second kappa shape index (κ2) is 6.05. The highest BCUT2D eigenvalue weighted by atomic mass is 79.9. The molecule has 0 aliphatic rings. The smallest absolute Gasteiger partial charge is 0.401 e. The van der Waals surface area contributed by atoms with Crippen LogP contribution in [0.5, 0.6) is 5.75 Å². The topological polar surface area (TPSA) is 61.4 Å². The van der Waals surface area contributed by atoms with Crippen LogP contribution < -0.4 is 10.6 Å². The molecule has 0 aliphatic carbocycles. The summed E-state index contributed by atoms with van der Waals surface area (Å²) in [7, 11) is 0. The number of carbonyl (C=O) groups is 1. The second-order valence-corrected chi connectivity index (χ2v) is 4.34. The van der Waals surface area contributed by atoms with Crippen molar-refractivity contribution in [2.24, 2.45) is 0 Å². The van der Waals surface area contributed by atoms with Crippen LogP contribution in [0, 0.1) is 0 Å². The van der Waals surface area contributed by atoms with E-state index in [2.05, 4.69) is 21.2 Å². The van der Waals surface area contributed by atoms with Crippen molar-refractivity contribution in [3.05, 3.63) is 22.7 Å². The molecule has 1 rings (SSSR count). The van der Waals surface area contributed by atoms with Gasteiger partial charge in [-0.3, -0.25) is 4.79 Å². The van der Waals surface area contributed by atoms with Crippen LogP contribution in [0.4, 0.5) is 18.9 Å². The molecular formula is C10H10BrF3N2O2. The normalized spacial score (nSPS) is 11.3. The largest absolute Gasteiger partial charge is 0.506 e. The van der Waals surface area contributed by atoms with Crippen LogP contribution in [-0.4, -0.2) is 30.3 Å². The van der Waals surface area contributed by atoms with Crippen LogP contribution in [0.25, 0.3) is 0 Å². The van der Waals surface area contributed by atoms with E-state index in [1.54, 1.807) is 6.07 Å². The zero-order valence-electron chi connectivity index (χ0n) is 9.01. The third-order valence-electron chi connectivity index (χ3n) is 1.84. The van der Waals surface area contributed by atoms with E-state index >= 15 is 0 Å². The number of carbonyl (C=O) groups excluding carboxylic acids is 1. The van der Waals surface area contributed by atoms with Gasteiger partial charge in [-0.15, -0.1) is 0 Å². The lowest BCUT2D eigenvalue weighted by molar-refractivity contribution is -0.126. The van der Waals surface area contributed by atoms with E-state index in [0.717, 1.165) is 0 Å². The lowest BCUT2D eigenvalue weighted by atomic mass is 10.3. The Labute approximate surface area is 109 Å². The number of phenolic OH excluding ortho intramolecular Hbond substituents is 1. The van der Waals surface area contributed by atoms with Crippen molar-refractivity contribution >= 4 is 27.5 Å². The van der Waals surface area contributed by atoms with Gasteiger partial charge < -0.3 is 15.7 Å². The second-order valence-electron chi connectivity index (χ2n) is 3.43. The van der Waals surface area contributed by atoms with Gasteiger partial charge in [-0.25, -0.2) is 0 Å². The molecule has 0 spiro atoms. The van der Waals surface area contributed by atoms with Crippen LogP contribution in [0.1, 0.15) is 0 Å². The Hall–Kier alpha value is -1.28. The summed E-state index contributed by atoms with van der Waals surface area (Å²) in [6.07, 6.45) is -4.36. The molecule has 0 unspecified atom stereocenters. The number of amides is 1. The summed E-state index contributed by atoms with van der Waals surface area (Å²) in [4.78, 5) is 11.3. The molecule has 0 aromatic heterocycles. The van der Waals surface area contributed by atoms with Gasteiger partial charge in [0.2, 0.25) is 5.91 Å². The molecule has 0 fully saturated rings. The number of hydrogen-bond acceptors (Lipinski definition) is 3. The van der Waals surface area contributed by atoms with Crippen LogP contribution in [0.2, 0.25) is 0 Å². The van der Waals surface area contributed by atoms with Crippen molar-refractivity contribution in [2.75, 3.05) is 18.4 Å². The van der Waals surface area contributed by atoms with Crippen LogP contribution in [-0.2, 0) is 4.79 Å². The molecule has 4 nitrogen and oxygen atoms in total. The van der Waals surface area contributed by atoms with Gasteiger partial charge in [-0.2, -0.15) is 13.2 Å². The number of hydrogen-bond donors (Lipinski definition) is 3. The molecule has 0 radical (unpaired) electrons. The minimum atomic E-state index is -4.36. The zero-order chi connectivity index (χ0) is 13.8. The third kappa shape index (κ3) is 5.37. The van der Waals surface area contributed by atoms with Gasteiger partial charge in [0.15, 0.2) is 0 Å². The highest BCUT2D eigenvalue weighted by Crippen LogP contribution is 2.26. The summed E-state index contributed by atoms with van der Waals surface area (Å²) in [5.41, 5.74) is 0.128. The van der Waals surface area contributed by atoms with Gasteiger partial charge in [-0.05, 0) is 18.2 Å². The molecule has 1 aromatic carbocycles. The number of anilines is 1. The van der Waals surface area contributed by atoms with Crippen molar-refractivity contribution < 1.29 is 23.1 Å². The van der Waals surface area contributed by atoms with Gasteiger partial charge in [0.05, 0.1) is 18.8 Å². The fourth-order valence-corrected chi connectivity index (χ4v) is 1.48. The van der Waals surface area contributed by atoms with E-state index in [4.69, 9.17) is 0 Å². The number of aromatic hydroxyl groups is 1. The van der Waals surface area contributed by atoms with Gasteiger partial charge in [0, 0.05) is 4.47 Å². The highest BCUT2D eigenvalue weighted by molar-refractivity contribution is 9.10. The number of halogens is 4. The minimum Gasteiger partial charge on any atom is -0.506 e. The van der Waals surface area contributed by atoms with Gasteiger partial charge in [0.25, 0.3) is 0 Å². The molecule has 1 amide bonds. The quantitative estimate of drug-likeness (QED) is 0.744. The first-order valence-electron chi connectivity index (χ1n) is 4.84. The molecule has 0 bridgehead atoms. The molecule has 0 heterocycles. The first kappa shape index (κ1) is 14.8. The van der Waals surface area contributed by atoms with Crippen LogP contribution in [0.15, 0.2) is 22.7 Å². The summed E-state index contributed by atoms with van der Waals surface area (Å²) in [5, 5.41) is 13.6. The first-order valence-corrected chi connectivity index (χ1v) is 5.63. The molecule has 1 aromatic rings. The molecule has 0 aliphatic heterocycles. The van der Waals surface area contributed by atoms with E-state index in [-0.39, 0.29) is 11.4 Å². The monoisotopic (exact) mass is 326 g/mol. The van der Waals surface area contributed by atoms with Crippen molar-refractivity contribution in [3.8, 4) is 5.75 Å². The predicted octanol–water partition coefficient (Wildman–Crippen LogP) is 2.25. The molecule has 0 saturated carbocycles. The highest BCUT2D eigenvalue weighted by Gasteiger charge is 2.26. The van der Waals surface area contributed by atoms with Crippen molar-refractivity contribution in [2.45, 2.75) is 6.18 Å². The Morgan fingerprint density at radius 3 is 2.67 bits per heavy atom. The maximum Gasteiger partial charge on any atom is 0.401 e. The summed E-state index contributed by atoms with van der Waals surface area (Å²) >= 11 is 3.14. The van der Waals surface area contributed by atoms with Crippen LogP contribution >= 0.6 is 15.9 Å². The van der Waals surface area contributed by atoms with Crippen LogP contribution in [0.3, 0.4) is 0 Å². The first-order chi connectivity index (χ1) is 8.28. The van der Waals surface area contributed by atoms with Gasteiger partial charge in [0.1, 0.15) is 5.75 Å². The molecule has 18 heavy (non-hydrogen) atoms. The van der Waals surface area contributed by atoms with Crippen molar-refractivity contribution in [1.29, 1.82) is 0 Å².